The number of anilines is 1. The van der Waals surface area contributed by atoms with Gasteiger partial charge in [-0.3, -0.25) is 4.79 Å². The largest absolute Gasteiger partial charge is 0.381 e. The molecule has 2 N–H and O–H groups in total. The lowest BCUT2D eigenvalue weighted by molar-refractivity contribution is -0.122. The molecule has 102 valence electrons. The Hall–Kier alpha value is -1.55. The first-order chi connectivity index (χ1) is 9.24. The van der Waals surface area contributed by atoms with Gasteiger partial charge in [0.2, 0.25) is 5.91 Å². The maximum atomic E-state index is 12.3. The second-order valence-corrected chi connectivity index (χ2v) is 5.48. The lowest BCUT2D eigenvalue weighted by atomic mass is 10.00. The van der Waals surface area contributed by atoms with E-state index < -0.39 is 0 Å². The third-order valence-electron chi connectivity index (χ3n) is 4.13. The highest BCUT2D eigenvalue weighted by Gasteiger charge is 2.29. The predicted octanol–water partition coefficient (Wildman–Crippen LogP) is 1.56. The fourth-order valence-corrected chi connectivity index (χ4v) is 2.85. The SMILES string of the molecule is CC(NC(=O)[C@@H]1Cc2ccccc2N1)C1CCOC1. The first kappa shape index (κ1) is 12.5. The molecular formula is C15H20N2O2. The first-order valence-electron chi connectivity index (χ1n) is 6.96. The van der Waals surface area contributed by atoms with Crippen LogP contribution in [0.2, 0.25) is 0 Å². The van der Waals surface area contributed by atoms with E-state index in [0.29, 0.717) is 5.92 Å². The molecule has 0 aromatic heterocycles. The van der Waals surface area contributed by atoms with Gasteiger partial charge in [0.1, 0.15) is 6.04 Å². The highest BCUT2D eigenvalue weighted by Crippen LogP contribution is 2.25. The van der Waals surface area contributed by atoms with E-state index in [-0.39, 0.29) is 18.0 Å². The molecule has 1 saturated heterocycles. The normalized spacial score (nSPS) is 26.6. The number of rotatable bonds is 3. The number of nitrogens with one attached hydrogen (secondary N) is 2. The summed E-state index contributed by atoms with van der Waals surface area (Å²) in [5.41, 5.74) is 2.30. The molecule has 1 fully saturated rings. The van der Waals surface area contributed by atoms with Crippen molar-refractivity contribution in [2.45, 2.75) is 31.8 Å². The van der Waals surface area contributed by atoms with E-state index in [1.807, 2.05) is 18.2 Å². The number of benzene rings is 1. The van der Waals surface area contributed by atoms with E-state index in [0.717, 1.165) is 31.7 Å². The van der Waals surface area contributed by atoms with Crippen LogP contribution in [0.25, 0.3) is 0 Å². The summed E-state index contributed by atoms with van der Waals surface area (Å²) >= 11 is 0. The minimum absolute atomic E-state index is 0.0931. The van der Waals surface area contributed by atoms with Crippen molar-refractivity contribution in [1.82, 2.24) is 5.32 Å². The van der Waals surface area contributed by atoms with E-state index in [1.165, 1.54) is 5.56 Å². The molecule has 1 aromatic rings. The molecule has 4 heteroatoms. The van der Waals surface area contributed by atoms with Crippen molar-refractivity contribution in [3.05, 3.63) is 29.8 Å². The molecule has 2 heterocycles. The van der Waals surface area contributed by atoms with Crippen molar-refractivity contribution in [3.8, 4) is 0 Å². The fourth-order valence-electron chi connectivity index (χ4n) is 2.85. The topological polar surface area (TPSA) is 50.4 Å². The van der Waals surface area contributed by atoms with E-state index in [4.69, 9.17) is 4.74 Å². The third-order valence-corrected chi connectivity index (χ3v) is 4.13. The second kappa shape index (κ2) is 5.21. The summed E-state index contributed by atoms with van der Waals surface area (Å²) < 4.78 is 5.37. The monoisotopic (exact) mass is 260 g/mol. The number of hydrogen-bond acceptors (Lipinski definition) is 3. The van der Waals surface area contributed by atoms with Gasteiger partial charge in [-0.1, -0.05) is 18.2 Å². The van der Waals surface area contributed by atoms with Crippen LogP contribution in [0.1, 0.15) is 18.9 Å². The standard InChI is InChI=1S/C15H20N2O2/c1-10(12-6-7-19-9-12)16-15(18)14-8-11-4-2-3-5-13(11)17-14/h2-5,10,12,14,17H,6-9H2,1H3,(H,16,18)/t10?,12?,14-/m0/s1. The van der Waals surface area contributed by atoms with Gasteiger partial charge < -0.3 is 15.4 Å². The van der Waals surface area contributed by atoms with Gasteiger partial charge in [-0.05, 0) is 25.0 Å². The van der Waals surface area contributed by atoms with Gasteiger partial charge in [-0.15, -0.1) is 0 Å². The average Bonchev–Trinajstić information content (AvgIpc) is 3.07. The summed E-state index contributed by atoms with van der Waals surface area (Å²) in [6.45, 7) is 3.65. The number of hydrogen-bond donors (Lipinski definition) is 2. The van der Waals surface area contributed by atoms with Gasteiger partial charge in [-0.25, -0.2) is 0 Å². The maximum absolute atomic E-state index is 12.3. The Morgan fingerprint density at radius 1 is 1.47 bits per heavy atom. The summed E-state index contributed by atoms with van der Waals surface area (Å²) in [5, 5.41) is 6.40. The summed E-state index contributed by atoms with van der Waals surface area (Å²) in [6, 6.07) is 8.15. The summed E-state index contributed by atoms with van der Waals surface area (Å²) in [6.07, 6.45) is 1.82. The highest BCUT2D eigenvalue weighted by molar-refractivity contribution is 5.87. The summed E-state index contributed by atoms with van der Waals surface area (Å²) in [4.78, 5) is 12.3. The molecular weight excluding hydrogens is 240 g/mol. The zero-order valence-corrected chi connectivity index (χ0v) is 11.2. The molecule has 2 aliphatic rings. The summed E-state index contributed by atoms with van der Waals surface area (Å²) in [5.74, 6) is 0.545. The van der Waals surface area contributed by atoms with Crippen LogP contribution in [-0.4, -0.2) is 31.2 Å². The Balaban J connectivity index is 1.57. The van der Waals surface area contributed by atoms with Crippen LogP contribution >= 0.6 is 0 Å². The van der Waals surface area contributed by atoms with Gasteiger partial charge in [0.05, 0.1) is 6.61 Å². The fraction of sp³-hybridized carbons (Fsp3) is 0.533. The molecule has 1 aromatic carbocycles. The van der Waals surface area contributed by atoms with Crippen molar-refractivity contribution in [3.63, 3.8) is 0 Å². The van der Waals surface area contributed by atoms with Crippen molar-refractivity contribution in [2.24, 2.45) is 5.92 Å². The van der Waals surface area contributed by atoms with Gasteiger partial charge in [0, 0.05) is 30.7 Å². The van der Waals surface area contributed by atoms with Crippen LogP contribution in [0.4, 0.5) is 5.69 Å². The molecule has 0 aliphatic carbocycles. The van der Waals surface area contributed by atoms with Gasteiger partial charge in [-0.2, -0.15) is 0 Å². The van der Waals surface area contributed by atoms with Crippen LogP contribution < -0.4 is 10.6 Å². The van der Waals surface area contributed by atoms with E-state index >= 15 is 0 Å². The first-order valence-corrected chi connectivity index (χ1v) is 6.96. The predicted molar refractivity (Wildman–Crippen MR) is 74.1 cm³/mol. The quantitative estimate of drug-likeness (QED) is 0.867. The molecule has 2 unspecified atom stereocenters. The van der Waals surface area contributed by atoms with Gasteiger partial charge in [0.15, 0.2) is 0 Å². The Morgan fingerprint density at radius 3 is 3.05 bits per heavy atom. The van der Waals surface area contributed by atoms with Gasteiger partial charge >= 0.3 is 0 Å². The van der Waals surface area contributed by atoms with E-state index in [1.54, 1.807) is 0 Å². The van der Waals surface area contributed by atoms with Crippen molar-refractivity contribution >= 4 is 11.6 Å². The number of fused-ring (bicyclic) bond motifs is 1. The van der Waals surface area contributed by atoms with Crippen LogP contribution in [0, 0.1) is 5.92 Å². The second-order valence-electron chi connectivity index (χ2n) is 5.48. The average molecular weight is 260 g/mol. The third kappa shape index (κ3) is 2.59. The van der Waals surface area contributed by atoms with Crippen molar-refractivity contribution < 1.29 is 9.53 Å². The van der Waals surface area contributed by atoms with E-state index in [2.05, 4.69) is 23.6 Å². The molecule has 0 saturated carbocycles. The molecule has 1 amide bonds. The number of carbonyl (C=O) groups is 1. The van der Waals surface area contributed by atoms with Crippen LogP contribution in [0.15, 0.2) is 24.3 Å². The molecule has 4 nitrogen and oxygen atoms in total. The Morgan fingerprint density at radius 2 is 2.32 bits per heavy atom. The lowest BCUT2D eigenvalue weighted by Gasteiger charge is -2.21. The Kier molecular flexibility index (Phi) is 3.42. The number of ether oxygens (including phenoxy) is 1. The molecule has 19 heavy (non-hydrogen) atoms. The number of carbonyl (C=O) groups excluding carboxylic acids is 1. The van der Waals surface area contributed by atoms with Crippen molar-refractivity contribution in [2.75, 3.05) is 18.5 Å². The Bertz CT molecular complexity index is 444. The number of amides is 1. The van der Waals surface area contributed by atoms with Crippen molar-refractivity contribution in [1.29, 1.82) is 0 Å². The molecule has 0 spiro atoms. The number of para-hydroxylation sites is 1. The van der Waals surface area contributed by atoms with Crippen LogP contribution in [0.3, 0.4) is 0 Å². The lowest BCUT2D eigenvalue weighted by Crippen LogP contribution is -2.45. The zero-order chi connectivity index (χ0) is 13.2. The molecule has 0 bridgehead atoms. The summed E-state index contributed by atoms with van der Waals surface area (Å²) in [7, 11) is 0. The molecule has 3 atom stereocenters. The minimum Gasteiger partial charge on any atom is -0.381 e. The molecule has 2 aliphatic heterocycles. The van der Waals surface area contributed by atoms with Gasteiger partial charge in [0.25, 0.3) is 0 Å². The molecule has 3 rings (SSSR count). The Labute approximate surface area is 113 Å². The van der Waals surface area contributed by atoms with Crippen LogP contribution in [0.5, 0.6) is 0 Å². The van der Waals surface area contributed by atoms with Crippen LogP contribution in [-0.2, 0) is 16.0 Å². The maximum Gasteiger partial charge on any atom is 0.243 e. The van der Waals surface area contributed by atoms with E-state index in [9.17, 15) is 4.79 Å². The molecule has 0 radical (unpaired) electrons. The highest BCUT2D eigenvalue weighted by atomic mass is 16.5. The smallest absolute Gasteiger partial charge is 0.243 e. The minimum atomic E-state index is -0.137. The zero-order valence-electron chi connectivity index (χ0n) is 11.2.